The number of nitrogens with one attached hydrogen (secondary N) is 1. The smallest absolute Gasteiger partial charge is 0.449 e. The molecule has 0 bridgehead atoms. The van der Waals surface area contributed by atoms with Gasteiger partial charge in [-0.3, -0.25) is 9.69 Å². The lowest BCUT2D eigenvalue weighted by molar-refractivity contribution is -0.148. The molecule has 15 heteroatoms. The molecule has 1 aliphatic heterocycles. The van der Waals surface area contributed by atoms with Crippen molar-refractivity contribution in [3.63, 3.8) is 0 Å². The van der Waals surface area contributed by atoms with E-state index >= 15 is 0 Å². The van der Waals surface area contributed by atoms with Crippen molar-refractivity contribution in [3.8, 4) is 22.9 Å². The van der Waals surface area contributed by atoms with E-state index in [1.807, 2.05) is 35.7 Å². The number of methoxy groups -OCH3 is 2. The van der Waals surface area contributed by atoms with Crippen LogP contribution < -0.4 is 9.47 Å². The van der Waals surface area contributed by atoms with Gasteiger partial charge in [0, 0.05) is 43.0 Å². The number of para-hydroxylation sites is 1. The van der Waals surface area contributed by atoms with E-state index < -0.39 is 30.5 Å². The minimum atomic E-state index is -4.78. The molecule has 248 valence electrons. The fraction of sp³-hybridized carbons (Fsp3) is 0.303. The molecule has 1 fully saturated rings. The van der Waals surface area contributed by atoms with Gasteiger partial charge in [-0.25, -0.2) is 19.9 Å². The lowest BCUT2D eigenvalue weighted by Crippen LogP contribution is -2.39. The van der Waals surface area contributed by atoms with Crippen LogP contribution in [0.25, 0.3) is 33.2 Å². The highest BCUT2D eigenvalue weighted by atomic mass is 32.1. The molecule has 1 atom stereocenters. The molecule has 1 aliphatic rings. The Labute approximate surface area is 277 Å². The number of rotatable bonds is 8. The van der Waals surface area contributed by atoms with Gasteiger partial charge < -0.3 is 23.9 Å². The van der Waals surface area contributed by atoms with Crippen LogP contribution >= 0.6 is 11.3 Å². The Morgan fingerprint density at radius 3 is 2.65 bits per heavy atom. The SMILES string of the molecule is COc1ccc2nc(C(F)(F)F)n(CC(=O)N3CCN(Cc4cscn4)CCC3c3ncc(-c4cc5ccccc5nc4OC)[nH]3)c2c1. The van der Waals surface area contributed by atoms with Gasteiger partial charge in [-0.2, -0.15) is 13.2 Å². The largest absolute Gasteiger partial charge is 0.497 e. The van der Waals surface area contributed by atoms with Crippen LogP contribution in [0.3, 0.4) is 0 Å². The van der Waals surface area contributed by atoms with Gasteiger partial charge in [-0.1, -0.05) is 18.2 Å². The van der Waals surface area contributed by atoms with Gasteiger partial charge in [-0.15, -0.1) is 11.3 Å². The maximum Gasteiger partial charge on any atom is 0.449 e. The fourth-order valence-corrected chi connectivity index (χ4v) is 6.73. The lowest BCUT2D eigenvalue weighted by Gasteiger charge is -2.29. The van der Waals surface area contributed by atoms with Crippen LogP contribution in [0.5, 0.6) is 11.6 Å². The molecule has 0 spiro atoms. The first-order valence-corrected chi connectivity index (χ1v) is 16.2. The van der Waals surface area contributed by atoms with Gasteiger partial charge in [0.1, 0.15) is 18.1 Å². The molecule has 1 N–H and O–H groups in total. The maximum atomic E-state index is 14.2. The van der Waals surface area contributed by atoms with Crippen molar-refractivity contribution < 1.29 is 27.4 Å². The molecule has 48 heavy (non-hydrogen) atoms. The topological polar surface area (TPSA) is 114 Å². The third-order valence-corrected chi connectivity index (χ3v) is 9.16. The van der Waals surface area contributed by atoms with Gasteiger partial charge in [0.05, 0.1) is 65.5 Å². The minimum absolute atomic E-state index is 0.117. The number of fused-ring (bicyclic) bond motifs is 2. The molecular formula is C33H31F3N8O3S. The highest BCUT2D eigenvalue weighted by molar-refractivity contribution is 7.07. The Bertz CT molecular complexity index is 2080. The second-order valence-electron chi connectivity index (χ2n) is 11.4. The van der Waals surface area contributed by atoms with Crippen molar-refractivity contribution in [2.24, 2.45) is 0 Å². The first-order valence-electron chi connectivity index (χ1n) is 15.2. The molecule has 0 radical (unpaired) electrons. The summed E-state index contributed by atoms with van der Waals surface area (Å²) in [6.07, 6.45) is -2.62. The Kier molecular flexibility index (Phi) is 8.47. The van der Waals surface area contributed by atoms with E-state index in [0.717, 1.165) is 21.2 Å². The van der Waals surface area contributed by atoms with E-state index in [1.165, 1.54) is 36.6 Å². The Morgan fingerprint density at radius 1 is 1.02 bits per heavy atom. The number of carbonyl (C=O) groups excluding carboxylic acids is 1. The number of ether oxygens (including phenoxy) is 2. The predicted octanol–water partition coefficient (Wildman–Crippen LogP) is 5.94. The second kappa shape index (κ2) is 12.9. The summed E-state index contributed by atoms with van der Waals surface area (Å²) in [5, 5.41) is 2.89. The number of hydrogen-bond acceptors (Lipinski definition) is 9. The third-order valence-electron chi connectivity index (χ3n) is 8.53. The number of nitrogens with zero attached hydrogens (tertiary/aromatic N) is 7. The normalized spacial score (nSPS) is 16.0. The maximum absolute atomic E-state index is 14.2. The molecule has 7 rings (SSSR count). The van der Waals surface area contributed by atoms with E-state index in [1.54, 1.807) is 23.7 Å². The van der Waals surface area contributed by atoms with Crippen LogP contribution in [0.15, 0.2) is 65.6 Å². The first-order chi connectivity index (χ1) is 23.2. The van der Waals surface area contributed by atoms with E-state index in [9.17, 15) is 18.0 Å². The highest BCUT2D eigenvalue weighted by Crippen LogP contribution is 2.35. The van der Waals surface area contributed by atoms with Crippen molar-refractivity contribution in [3.05, 3.63) is 83.0 Å². The summed E-state index contributed by atoms with van der Waals surface area (Å²) >= 11 is 1.51. The molecule has 6 aromatic rings. The number of hydrogen-bond donors (Lipinski definition) is 1. The second-order valence-corrected chi connectivity index (χ2v) is 12.2. The fourth-order valence-electron chi connectivity index (χ4n) is 6.18. The number of amides is 1. The van der Waals surface area contributed by atoms with Crippen LogP contribution in [0.4, 0.5) is 13.2 Å². The summed E-state index contributed by atoms with van der Waals surface area (Å²) in [6, 6.07) is 13.5. The number of halogens is 3. The molecule has 0 saturated carbocycles. The summed E-state index contributed by atoms with van der Waals surface area (Å²) in [5.41, 5.74) is 5.08. The summed E-state index contributed by atoms with van der Waals surface area (Å²) in [5.74, 6) is -0.360. The van der Waals surface area contributed by atoms with Crippen LogP contribution in [0, 0.1) is 0 Å². The number of H-pyrrole nitrogens is 1. The molecular weight excluding hydrogens is 645 g/mol. The van der Waals surface area contributed by atoms with Crippen LogP contribution in [-0.4, -0.2) is 79.0 Å². The number of imidazole rings is 2. The standard InChI is InChI=1S/C33H31F3N8O3S/c1-46-22-7-8-25-28(14-22)44(32(41-25)33(34,35)36)17-29(45)43-12-11-42(16-21-18-48-19-38-21)10-9-27(43)30-37-15-26(39-30)23-13-20-5-3-4-6-24(20)40-31(23)47-2/h3-8,13-15,18-19,27H,9-12,16-17H2,1-2H3,(H,37,39). The van der Waals surface area contributed by atoms with Crippen molar-refractivity contribution in [1.29, 1.82) is 0 Å². The first kappa shape index (κ1) is 31.6. The van der Waals surface area contributed by atoms with Gasteiger partial charge in [0.15, 0.2) is 0 Å². The van der Waals surface area contributed by atoms with E-state index in [-0.39, 0.29) is 17.6 Å². The Hall–Kier alpha value is -5.02. The van der Waals surface area contributed by atoms with E-state index in [0.29, 0.717) is 54.8 Å². The number of thiazole rings is 1. The summed E-state index contributed by atoms with van der Waals surface area (Å²) in [4.78, 5) is 39.0. The molecule has 5 heterocycles. The van der Waals surface area contributed by atoms with Crippen molar-refractivity contribution >= 4 is 39.2 Å². The van der Waals surface area contributed by atoms with Crippen molar-refractivity contribution in [2.45, 2.75) is 31.7 Å². The van der Waals surface area contributed by atoms with Gasteiger partial charge in [0.25, 0.3) is 0 Å². The Morgan fingerprint density at radius 2 is 1.88 bits per heavy atom. The van der Waals surface area contributed by atoms with Crippen molar-refractivity contribution in [1.82, 2.24) is 39.3 Å². The summed E-state index contributed by atoms with van der Waals surface area (Å²) < 4.78 is 54.5. The number of benzene rings is 2. The zero-order valence-electron chi connectivity index (χ0n) is 26.1. The molecule has 11 nitrogen and oxygen atoms in total. The average molecular weight is 677 g/mol. The highest BCUT2D eigenvalue weighted by Gasteiger charge is 2.39. The van der Waals surface area contributed by atoms with Crippen LogP contribution in [-0.2, 0) is 24.1 Å². The molecule has 0 aliphatic carbocycles. The number of aromatic nitrogens is 6. The zero-order chi connectivity index (χ0) is 33.4. The summed E-state index contributed by atoms with van der Waals surface area (Å²) in [7, 11) is 2.98. The average Bonchev–Trinajstić information content (AvgIpc) is 3.83. The zero-order valence-corrected chi connectivity index (χ0v) is 26.9. The van der Waals surface area contributed by atoms with Crippen molar-refractivity contribution in [2.75, 3.05) is 33.9 Å². The molecule has 1 unspecified atom stereocenters. The quantitative estimate of drug-likeness (QED) is 0.211. The third kappa shape index (κ3) is 6.18. The summed E-state index contributed by atoms with van der Waals surface area (Å²) in [6.45, 7) is 1.40. The predicted molar refractivity (Wildman–Crippen MR) is 174 cm³/mol. The van der Waals surface area contributed by atoms with Gasteiger partial charge in [-0.05, 0) is 30.7 Å². The number of alkyl halides is 3. The van der Waals surface area contributed by atoms with Crippen LogP contribution in [0.1, 0.15) is 29.8 Å². The number of pyridine rings is 1. The molecule has 1 saturated heterocycles. The number of aromatic amines is 1. The van der Waals surface area contributed by atoms with Crippen LogP contribution in [0.2, 0.25) is 0 Å². The lowest BCUT2D eigenvalue weighted by atomic mass is 10.1. The number of carbonyl (C=O) groups is 1. The van der Waals surface area contributed by atoms with E-state index in [2.05, 4.69) is 24.8 Å². The molecule has 2 aromatic carbocycles. The Balaban J connectivity index is 1.25. The van der Waals surface area contributed by atoms with E-state index in [4.69, 9.17) is 14.5 Å². The van der Waals surface area contributed by atoms with Gasteiger partial charge >= 0.3 is 6.18 Å². The minimum Gasteiger partial charge on any atom is -0.497 e. The molecule has 4 aromatic heterocycles. The molecule has 1 amide bonds. The monoisotopic (exact) mass is 676 g/mol. The van der Waals surface area contributed by atoms with Gasteiger partial charge in [0.2, 0.25) is 17.6 Å².